The highest BCUT2D eigenvalue weighted by atomic mass is 35.5. The van der Waals surface area contributed by atoms with Crippen molar-refractivity contribution >= 4 is 40.5 Å². The molecule has 280 valence electrons. The second-order valence-electron chi connectivity index (χ2n) is 16.7. The van der Waals surface area contributed by atoms with Gasteiger partial charge in [-0.3, -0.25) is 9.59 Å². The monoisotopic (exact) mass is 725 g/mol. The molecule has 2 aliphatic carbocycles. The summed E-state index contributed by atoms with van der Waals surface area (Å²) in [7, 11) is 1.57. The average molecular weight is 726 g/mol. The second-order valence-corrected chi connectivity index (χ2v) is 17.0. The van der Waals surface area contributed by atoms with Crippen molar-refractivity contribution in [3.63, 3.8) is 0 Å². The van der Waals surface area contributed by atoms with Crippen molar-refractivity contribution in [2.45, 2.75) is 124 Å². The van der Waals surface area contributed by atoms with Crippen LogP contribution in [-0.2, 0) is 23.9 Å². The predicted molar refractivity (Wildman–Crippen MR) is 196 cm³/mol. The smallest absolute Gasteiger partial charge is 0.329 e. The molecule has 8 atom stereocenters. The molecule has 51 heavy (non-hydrogen) atoms. The number of methoxy groups -OCH3 is 1. The van der Waals surface area contributed by atoms with Crippen molar-refractivity contribution in [2.24, 2.45) is 35.0 Å². The Hall–Kier alpha value is -3.40. The van der Waals surface area contributed by atoms with Crippen molar-refractivity contribution in [2.75, 3.05) is 13.7 Å². The number of amides is 1. The van der Waals surface area contributed by atoms with Crippen LogP contribution in [-0.4, -0.2) is 70.2 Å². The van der Waals surface area contributed by atoms with E-state index in [4.69, 9.17) is 30.5 Å². The summed E-state index contributed by atoms with van der Waals surface area (Å²) >= 11 is 6.58. The Morgan fingerprint density at radius 1 is 1.06 bits per heavy atom. The van der Waals surface area contributed by atoms with Gasteiger partial charge in [0.1, 0.15) is 29.6 Å². The van der Waals surface area contributed by atoms with Gasteiger partial charge < -0.3 is 23.8 Å². The van der Waals surface area contributed by atoms with Gasteiger partial charge in [0.2, 0.25) is 5.91 Å². The van der Waals surface area contributed by atoms with Gasteiger partial charge in [-0.1, -0.05) is 45.4 Å². The van der Waals surface area contributed by atoms with E-state index in [0.29, 0.717) is 41.0 Å². The Labute approximate surface area is 308 Å². The number of likely N-dealkylation sites (tertiary alicyclic amines) is 1. The zero-order valence-corrected chi connectivity index (χ0v) is 32.3. The van der Waals surface area contributed by atoms with E-state index in [0.717, 1.165) is 32.1 Å². The van der Waals surface area contributed by atoms with Crippen LogP contribution in [0.25, 0.3) is 11.0 Å². The molecular formula is C40H56ClN3O7. The first-order valence-corrected chi connectivity index (χ1v) is 18.9. The normalized spacial score (nSPS) is 26.6. The number of aromatic nitrogens is 2. The zero-order chi connectivity index (χ0) is 37.2. The number of benzene rings is 1. The van der Waals surface area contributed by atoms with E-state index in [2.05, 4.69) is 16.5 Å². The fourth-order valence-corrected chi connectivity index (χ4v) is 8.67. The van der Waals surface area contributed by atoms with Gasteiger partial charge in [-0.2, -0.15) is 0 Å². The lowest BCUT2D eigenvalue weighted by molar-refractivity contribution is -0.167. The third-order valence-corrected chi connectivity index (χ3v) is 11.2. The van der Waals surface area contributed by atoms with Gasteiger partial charge in [-0.15, -0.1) is 6.58 Å². The number of allylic oxidation sites excluding steroid dienone is 1. The van der Waals surface area contributed by atoms with E-state index < -0.39 is 41.0 Å². The van der Waals surface area contributed by atoms with Gasteiger partial charge in [-0.25, -0.2) is 14.8 Å². The van der Waals surface area contributed by atoms with Gasteiger partial charge in [0.15, 0.2) is 5.15 Å². The first-order chi connectivity index (χ1) is 24.0. The molecule has 1 aromatic heterocycles. The number of unbranched alkanes of at least 4 members (excludes halogenated alkanes) is 1. The minimum atomic E-state index is -0.945. The number of carbonyl (C=O) groups is 3. The summed E-state index contributed by atoms with van der Waals surface area (Å²) in [5.74, 6) is -0.372. The van der Waals surface area contributed by atoms with Gasteiger partial charge in [0, 0.05) is 12.0 Å². The minimum absolute atomic E-state index is 0.0693. The van der Waals surface area contributed by atoms with E-state index >= 15 is 0 Å². The molecular weight excluding hydrogens is 670 g/mol. The lowest BCUT2D eigenvalue weighted by Gasteiger charge is -2.36. The molecule has 5 rings (SSSR count). The molecule has 3 fully saturated rings. The lowest BCUT2D eigenvalue weighted by Crippen LogP contribution is -2.50. The highest BCUT2D eigenvalue weighted by Gasteiger charge is 2.53. The summed E-state index contributed by atoms with van der Waals surface area (Å²) in [6.45, 7) is 17.1. The maximum Gasteiger partial charge on any atom is 0.329 e. The van der Waals surface area contributed by atoms with Crippen molar-refractivity contribution in [1.82, 2.24) is 14.9 Å². The Kier molecular flexibility index (Phi) is 11.9. The van der Waals surface area contributed by atoms with Gasteiger partial charge in [0.25, 0.3) is 5.88 Å². The van der Waals surface area contributed by atoms with E-state index in [-0.39, 0.29) is 42.0 Å². The standard InChI is InChI=1S/C40H56ClN3O7/c1-10-12-13-14-27-23-15-16-24(19-23)34(27)50-32(45)21-28(39(3,4)5)37(46)44-22-31(26(11-2)33(44)38(47)51-40(6,7)8)49-36-35(41)42-29-18-17-25(48-9)20-30(29)43-36/h10,17-18,20,23-24,26-28,31,33-34H,1,11-16,19,21-22H2,2-9H3/t23-,24+,26-,27-,28-,31+,33+,34-/m1/s1. The molecule has 1 saturated heterocycles. The van der Waals surface area contributed by atoms with Crippen LogP contribution in [0.2, 0.25) is 5.15 Å². The summed E-state index contributed by atoms with van der Waals surface area (Å²) in [6, 6.07) is 4.33. The maximum absolute atomic E-state index is 14.8. The number of hydrogen-bond donors (Lipinski definition) is 0. The molecule has 0 radical (unpaired) electrons. The summed E-state index contributed by atoms with van der Waals surface area (Å²) in [5, 5.41) is 0.0693. The van der Waals surface area contributed by atoms with Crippen LogP contribution < -0.4 is 9.47 Å². The number of rotatable bonds is 13. The number of fused-ring (bicyclic) bond motifs is 3. The molecule has 1 amide bonds. The van der Waals surface area contributed by atoms with Crippen LogP contribution in [0.3, 0.4) is 0 Å². The zero-order valence-electron chi connectivity index (χ0n) is 31.6. The van der Waals surface area contributed by atoms with Crippen LogP contribution in [0.1, 0.15) is 99.8 Å². The maximum atomic E-state index is 14.8. The third kappa shape index (κ3) is 8.81. The third-order valence-electron chi connectivity index (χ3n) is 11.0. The van der Waals surface area contributed by atoms with Gasteiger partial charge in [-0.05, 0) is 101 Å². The topological polar surface area (TPSA) is 117 Å². The second kappa shape index (κ2) is 15.7. The molecule has 0 unspecified atom stereocenters. The Morgan fingerprint density at radius 3 is 2.43 bits per heavy atom. The molecule has 3 aliphatic rings. The van der Waals surface area contributed by atoms with E-state index in [1.807, 2.05) is 33.8 Å². The molecule has 1 aromatic carbocycles. The van der Waals surface area contributed by atoms with Crippen molar-refractivity contribution in [3.05, 3.63) is 36.0 Å². The van der Waals surface area contributed by atoms with Crippen LogP contribution in [0.4, 0.5) is 0 Å². The van der Waals surface area contributed by atoms with Crippen molar-refractivity contribution in [1.29, 1.82) is 0 Å². The molecule has 0 N–H and O–H groups in total. The first kappa shape index (κ1) is 38.8. The summed E-state index contributed by atoms with van der Waals surface area (Å²) in [5.41, 5.74) is -0.297. The van der Waals surface area contributed by atoms with Crippen LogP contribution >= 0.6 is 11.6 Å². The van der Waals surface area contributed by atoms with Crippen LogP contribution in [0, 0.1) is 35.0 Å². The average Bonchev–Trinajstić information content (AvgIpc) is 3.76. The molecule has 1 aliphatic heterocycles. The highest BCUT2D eigenvalue weighted by molar-refractivity contribution is 6.31. The van der Waals surface area contributed by atoms with E-state index in [9.17, 15) is 14.4 Å². The summed E-state index contributed by atoms with van der Waals surface area (Å²) in [6.07, 6.45) is 7.95. The van der Waals surface area contributed by atoms with E-state index in [1.165, 1.54) is 6.42 Å². The molecule has 11 heteroatoms. The minimum Gasteiger partial charge on any atom is -0.497 e. The van der Waals surface area contributed by atoms with E-state index in [1.54, 1.807) is 51.0 Å². The molecule has 2 aromatic rings. The molecule has 2 heterocycles. The SMILES string of the molecule is C=CCCC[C@@H]1[C@@H]2CC[C@@H](C2)[C@H]1OC(=O)C[C@H](C(=O)N1C[C@H](Oc2nc3cc(OC)ccc3nc2Cl)[C@@H](CC)[C@H]1C(=O)OC(C)(C)C)C(C)(C)C. The van der Waals surface area contributed by atoms with Gasteiger partial charge in [0.05, 0.1) is 37.0 Å². The molecule has 2 bridgehead atoms. The largest absolute Gasteiger partial charge is 0.497 e. The fourth-order valence-electron chi connectivity index (χ4n) is 8.49. The first-order valence-electron chi connectivity index (χ1n) is 18.6. The highest BCUT2D eigenvalue weighted by Crippen LogP contribution is 2.52. The predicted octanol–water partition coefficient (Wildman–Crippen LogP) is 7.98. The molecule has 10 nitrogen and oxygen atoms in total. The number of carbonyl (C=O) groups excluding carboxylic acids is 3. The Morgan fingerprint density at radius 2 is 1.78 bits per heavy atom. The number of nitrogens with zero attached hydrogens (tertiary/aromatic N) is 3. The van der Waals surface area contributed by atoms with Gasteiger partial charge >= 0.3 is 11.9 Å². The Bertz CT molecular complexity index is 1600. The summed E-state index contributed by atoms with van der Waals surface area (Å²) < 4.78 is 24.0. The Balaban J connectivity index is 1.41. The number of esters is 2. The lowest BCUT2D eigenvalue weighted by atomic mass is 9.77. The van der Waals surface area contributed by atoms with Crippen molar-refractivity contribution in [3.8, 4) is 11.6 Å². The van der Waals surface area contributed by atoms with Crippen LogP contribution in [0.5, 0.6) is 11.6 Å². The number of hydrogen-bond acceptors (Lipinski definition) is 9. The number of halogens is 1. The number of ether oxygens (including phenoxy) is 4. The van der Waals surface area contributed by atoms with Crippen LogP contribution in [0.15, 0.2) is 30.9 Å². The van der Waals surface area contributed by atoms with Crippen molar-refractivity contribution < 1.29 is 33.3 Å². The molecule has 2 saturated carbocycles. The summed E-state index contributed by atoms with van der Waals surface area (Å²) in [4.78, 5) is 53.2. The quantitative estimate of drug-likeness (QED) is 0.115. The fraction of sp³-hybridized carbons (Fsp3) is 0.675. The molecule has 0 spiro atoms.